The molecule has 1 saturated carbocycles. The minimum Gasteiger partial charge on any atom is -0.472 e. The van der Waals surface area contributed by atoms with E-state index in [1.807, 2.05) is 6.07 Å². The molecule has 6 aromatic rings. The summed E-state index contributed by atoms with van der Waals surface area (Å²) in [7, 11) is 0. The van der Waals surface area contributed by atoms with E-state index < -0.39 is 12.0 Å². The van der Waals surface area contributed by atoms with E-state index in [1.165, 1.54) is 0 Å². The molecule has 6 heterocycles. The van der Waals surface area contributed by atoms with Crippen LogP contribution in [0.4, 0.5) is 10.1 Å². The van der Waals surface area contributed by atoms with Gasteiger partial charge >= 0.3 is 0 Å². The summed E-state index contributed by atoms with van der Waals surface area (Å²) in [6, 6.07) is 5.35. The number of nitrogens with one attached hydrogen (secondary N) is 3. The predicted molar refractivity (Wildman–Crippen MR) is 139 cm³/mol. The van der Waals surface area contributed by atoms with Gasteiger partial charge in [0.25, 0.3) is 0 Å². The van der Waals surface area contributed by atoms with E-state index in [0.29, 0.717) is 39.5 Å². The summed E-state index contributed by atoms with van der Waals surface area (Å²) in [6.07, 6.45) is 13.1. The maximum atomic E-state index is 16.0. The van der Waals surface area contributed by atoms with Gasteiger partial charge in [-0.2, -0.15) is 5.10 Å². The van der Waals surface area contributed by atoms with Crippen LogP contribution in [-0.2, 0) is 0 Å². The normalized spacial score (nSPS) is 15.0. The van der Waals surface area contributed by atoms with Gasteiger partial charge in [0.15, 0.2) is 11.6 Å². The Kier molecular flexibility index (Phi) is 5.36. The maximum absolute atomic E-state index is 16.0. The summed E-state index contributed by atoms with van der Waals surface area (Å²) in [4.78, 5) is 21.0. The van der Waals surface area contributed by atoms with Crippen LogP contribution in [0, 0.1) is 11.7 Å². The minimum absolute atomic E-state index is 0.128. The summed E-state index contributed by atoms with van der Waals surface area (Å²) < 4.78 is 21.3. The lowest BCUT2D eigenvalue weighted by atomic mass is 10.1. The smallest absolute Gasteiger partial charge is 0.161 e. The highest BCUT2D eigenvalue weighted by Crippen LogP contribution is 2.35. The number of hydrogen-bond acceptors (Lipinski definition) is 8. The predicted octanol–water partition coefficient (Wildman–Crippen LogP) is 5.28. The number of aromatic nitrogens is 7. The van der Waals surface area contributed by atoms with Crippen molar-refractivity contribution in [3.8, 4) is 34.0 Å². The maximum Gasteiger partial charge on any atom is 0.161 e. The molecular weight excluding hydrogens is 487 g/mol. The Morgan fingerprint density at radius 1 is 1.03 bits per heavy atom. The number of aliphatic hydroxyl groups is 1. The van der Waals surface area contributed by atoms with Crippen LogP contribution in [0.15, 0.2) is 59.9 Å². The summed E-state index contributed by atoms with van der Waals surface area (Å²) in [5, 5.41) is 21.2. The zero-order valence-corrected chi connectivity index (χ0v) is 20.1. The third kappa shape index (κ3) is 3.79. The molecule has 1 aliphatic rings. The van der Waals surface area contributed by atoms with Crippen molar-refractivity contribution in [1.29, 1.82) is 0 Å². The molecule has 11 heteroatoms. The van der Waals surface area contributed by atoms with Crippen LogP contribution in [0.3, 0.4) is 0 Å². The molecule has 1 fully saturated rings. The van der Waals surface area contributed by atoms with Crippen LogP contribution in [-0.4, -0.2) is 46.5 Å². The zero-order valence-electron chi connectivity index (χ0n) is 20.1. The van der Waals surface area contributed by atoms with Gasteiger partial charge in [0.2, 0.25) is 0 Å². The van der Waals surface area contributed by atoms with Gasteiger partial charge in [-0.05, 0) is 31.0 Å². The fourth-order valence-electron chi connectivity index (χ4n) is 5.22. The lowest BCUT2D eigenvalue weighted by Gasteiger charge is -2.20. The van der Waals surface area contributed by atoms with Crippen molar-refractivity contribution in [3.63, 3.8) is 0 Å². The Labute approximate surface area is 215 Å². The third-order valence-corrected chi connectivity index (χ3v) is 7.14. The Bertz CT molecular complexity index is 1750. The molecule has 1 atom stereocenters. The SMILES string of the molecule is OC(Nc1cncc(-c2ncc3[nH]nc(-c4nc5c(-c6ccoc6)nccc5[nH]4)c3c2F)c1)C1CCCC1. The van der Waals surface area contributed by atoms with Gasteiger partial charge in [-0.3, -0.25) is 20.1 Å². The number of anilines is 1. The van der Waals surface area contributed by atoms with Crippen molar-refractivity contribution in [2.45, 2.75) is 31.9 Å². The molecule has 0 saturated heterocycles. The first-order valence-corrected chi connectivity index (χ1v) is 12.5. The largest absolute Gasteiger partial charge is 0.472 e. The van der Waals surface area contributed by atoms with E-state index in [0.717, 1.165) is 36.8 Å². The number of fused-ring (bicyclic) bond motifs is 2. The first-order valence-electron chi connectivity index (χ1n) is 12.5. The average Bonchev–Trinajstić information content (AvgIpc) is 3.74. The Hall–Kier alpha value is -4.64. The summed E-state index contributed by atoms with van der Waals surface area (Å²) in [6.45, 7) is 0. The molecule has 0 aromatic carbocycles. The molecule has 10 nitrogen and oxygen atoms in total. The molecule has 0 aliphatic heterocycles. The minimum atomic E-state index is -0.676. The number of pyridine rings is 3. The Balaban J connectivity index is 1.28. The number of H-pyrrole nitrogens is 2. The van der Waals surface area contributed by atoms with Crippen molar-refractivity contribution in [2.24, 2.45) is 5.92 Å². The highest BCUT2D eigenvalue weighted by Gasteiger charge is 2.24. The zero-order chi connectivity index (χ0) is 25.6. The van der Waals surface area contributed by atoms with Gasteiger partial charge in [0, 0.05) is 29.4 Å². The lowest BCUT2D eigenvalue weighted by molar-refractivity contribution is 0.137. The first kappa shape index (κ1) is 22.5. The monoisotopic (exact) mass is 510 g/mol. The molecular formula is C27H23FN8O2. The topological polar surface area (TPSA) is 141 Å². The van der Waals surface area contributed by atoms with Gasteiger partial charge < -0.3 is 19.8 Å². The van der Waals surface area contributed by atoms with Crippen LogP contribution in [0.5, 0.6) is 0 Å². The van der Waals surface area contributed by atoms with Gasteiger partial charge in [0.1, 0.15) is 28.8 Å². The van der Waals surface area contributed by atoms with Crippen molar-refractivity contribution in [2.75, 3.05) is 5.32 Å². The number of hydrogen-bond donors (Lipinski definition) is 4. The number of rotatable bonds is 6. The standard InChI is InChI=1S/C27H23FN8O2/c28-21-20-19(12-31-22(21)16-9-17(11-29-10-16)32-27(37)14-3-1-2-4-14)35-36-25(20)26-33-18-5-7-30-23(24(18)34-26)15-6-8-38-13-15/h5-14,27,32,37H,1-4H2,(H,33,34)(H,35,36). The molecule has 0 radical (unpaired) electrons. The molecule has 1 unspecified atom stereocenters. The molecule has 38 heavy (non-hydrogen) atoms. The highest BCUT2D eigenvalue weighted by molar-refractivity contribution is 5.97. The van der Waals surface area contributed by atoms with Crippen LogP contribution in [0.25, 0.3) is 56.0 Å². The Morgan fingerprint density at radius 2 is 1.92 bits per heavy atom. The Morgan fingerprint density at radius 3 is 2.76 bits per heavy atom. The van der Waals surface area contributed by atoms with E-state index in [1.54, 1.807) is 49.4 Å². The van der Waals surface area contributed by atoms with Crippen molar-refractivity contribution in [1.82, 2.24) is 35.1 Å². The van der Waals surface area contributed by atoms with Gasteiger partial charge in [-0.25, -0.2) is 9.37 Å². The molecule has 0 amide bonds. The fourth-order valence-corrected chi connectivity index (χ4v) is 5.22. The molecule has 0 bridgehead atoms. The van der Waals surface area contributed by atoms with Gasteiger partial charge in [-0.1, -0.05) is 12.8 Å². The summed E-state index contributed by atoms with van der Waals surface area (Å²) >= 11 is 0. The quantitative estimate of drug-likeness (QED) is 0.222. The average molecular weight is 511 g/mol. The van der Waals surface area contributed by atoms with Gasteiger partial charge in [0.05, 0.1) is 47.0 Å². The van der Waals surface area contributed by atoms with Crippen LogP contribution >= 0.6 is 0 Å². The van der Waals surface area contributed by atoms with Gasteiger partial charge in [-0.15, -0.1) is 0 Å². The molecule has 6 aromatic heterocycles. The number of halogens is 1. The highest BCUT2D eigenvalue weighted by atomic mass is 19.1. The van der Waals surface area contributed by atoms with Crippen molar-refractivity contribution < 1.29 is 13.9 Å². The molecule has 4 N–H and O–H groups in total. The summed E-state index contributed by atoms with van der Waals surface area (Å²) in [5.41, 5.74) is 4.78. The van der Waals surface area contributed by atoms with Crippen molar-refractivity contribution in [3.05, 3.63) is 61.3 Å². The second kappa shape index (κ2) is 9.03. The number of imidazole rings is 1. The second-order valence-corrected chi connectivity index (χ2v) is 9.53. The molecule has 190 valence electrons. The molecule has 7 rings (SSSR count). The first-order chi connectivity index (χ1) is 18.7. The summed E-state index contributed by atoms with van der Waals surface area (Å²) in [5.74, 6) is 0.0508. The van der Waals surface area contributed by atoms with E-state index in [9.17, 15) is 5.11 Å². The van der Waals surface area contributed by atoms with E-state index in [-0.39, 0.29) is 17.0 Å². The fraction of sp³-hybridized carbons (Fsp3) is 0.222. The number of nitrogens with zero attached hydrogens (tertiary/aromatic N) is 5. The van der Waals surface area contributed by atoms with Crippen LogP contribution in [0.1, 0.15) is 25.7 Å². The molecule has 0 spiro atoms. The number of aliphatic hydroxyl groups excluding tert-OH is 1. The third-order valence-electron chi connectivity index (χ3n) is 7.14. The molecule has 1 aliphatic carbocycles. The lowest BCUT2D eigenvalue weighted by Crippen LogP contribution is -2.26. The van der Waals surface area contributed by atoms with E-state index >= 15 is 4.39 Å². The van der Waals surface area contributed by atoms with E-state index in [4.69, 9.17) is 9.40 Å². The number of furan rings is 1. The van der Waals surface area contributed by atoms with Crippen LogP contribution in [0.2, 0.25) is 0 Å². The van der Waals surface area contributed by atoms with Crippen molar-refractivity contribution >= 4 is 27.6 Å². The second-order valence-electron chi connectivity index (χ2n) is 9.53. The van der Waals surface area contributed by atoms with Crippen LogP contribution < -0.4 is 5.32 Å². The number of aromatic amines is 2. The van der Waals surface area contributed by atoms with E-state index in [2.05, 4.69) is 35.5 Å².